The molecule has 3 rings (SSSR count). The summed E-state index contributed by atoms with van der Waals surface area (Å²) >= 11 is 3.28. The molecule has 0 saturated carbocycles. The van der Waals surface area contributed by atoms with Crippen LogP contribution in [-0.4, -0.2) is 61.2 Å². The third-order valence-corrected chi connectivity index (χ3v) is 7.23. The summed E-state index contributed by atoms with van der Waals surface area (Å²) in [5.41, 5.74) is 0.624. The van der Waals surface area contributed by atoms with Crippen LogP contribution in [0, 0.1) is 17.0 Å². The average Bonchev–Trinajstić information content (AvgIpc) is 2.69. The van der Waals surface area contributed by atoms with E-state index in [1.807, 2.05) is 4.90 Å². The Bertz CT molecular complexity index is 1070. The zero-order chi connectivity index (χ0) is 21.9. The first kappa shape index (κ1) is 22.3. The zero-order valence-electron chi connectivity index (χ0n) is 16.2. The number of halogens is 1. The van der Waals surface area contributed by atoms with Crippen molar-refractivity contribution in [3.63, 3.8) is 0 Å². The highest BCUT2D eigenvalue weighted by Crippen LogP contribution is 2.27. The van der Waals surface area contributed by atoms with Gasteiger partial charge in [0, 0.05) is 36.7 Å². The monoisotopic (exact) mass is 496 g/mol. The van der Waals surface area contributed by atoms with Gasteiger partial charge in [-0.3, -0.25) is 19.8 Å². The summed E-state index contributed by atoms with van der Waals surface area (Å²) < 4.78 is 27.7. The molecule has 1 aliphatic heterocycles. The van der Waals surface area contributed by atoms with Crippen LogP contribution >= 0.6 is 15.9 Å². The van der Waals surface area contributed by atoms with Gasteiger partial charge in [-0.25, -0.2) is 8.42 Å². The van der Waals surface area contributed by atoms with E-state index in [4.69, 9.17) is 0 Å². The third-order valence-electron chi connectivity index (χ3n) is 4.84. The summed E-state index contributed by atoms with van der Waals surface area (Å²) in [5, 5.41) is 13.8. The second kappa shape index (κ2) is 9.21. The van der Waals surface area contributed by atoms with Crippen molar-refractivity contribution >= 4 is 43.2 Å². The molecular weight excluding hydrogens is 476 g/mol. The molecular formula is C19H21BrN4O5S. The average molecular weight is 497 g/mol. The topological polar surface area (TPSA) is 113 Å². The van der Waals surface area contributed by atoms with Crippen molar-refractivity contribution in [2.24, 2.45) is 0 Å². The molecule has 1 aliphatic rings. The number of carbonyl (C=O) groups is 1. The lowest BCUT2D eigenvalue weighted by Crippen LogP contribution is -2.50. The number of hydrogen-bond donors (Lipinski definition) is 1. The van der Waals surface area contributed by atoms with E-state index in [0.29, 0.717) is 23.1 Å². The number of rotatable bonds is 6. The maximum Gasteiger partial charge on any atom is 0.293 e. The molecule has 0 atom stereocenters. The number of nitrogens with zero attached hydrogens (tertiary/aromatic N) is 3. The number of amides is 1. The lowest BCUT2D eigenvalue weighted by Gasteiger charge is -2.33. The van der Waals surface area contributed by atoms with Crippen LogP contribution in [0.4, 0.5) is 11.4 Å². The Labute approximate surface area is 183 Å². The molecule has 160 valence electrons. The zero-order valence-corrected chi connectivity index (χ0v) is 18.6. The lowest BCUT2D eigenvalue weighted by molar-refractivity contribution is -0.384. The number of anilines is 1. The van der Waals surface area contributed by atoms with Gasteiger partial charge in [0.15, 0.2) is 0 Å². The number of carbonyl (C=O) groups excluding carboxylic acids is 1. The van der Waals surface area contributed by atoms with E-state index in [-0.39, 0.29) is 41.8 Å². The first-order chi connectivity index (χ1) is 14.2. The first-order valence-corrected chi connectivity index (χ1v) is 11.4. The minimum atomic E-state index is -3.60. The van der Waals surface area contributed by atoms with Crippen LogP contribution in [0.15, 0.2) is 51.8 Å². The van der Waals surface area contributed by atoms with Crippen LogP contribution in [0.2, 0.25) is 0 Å². The molecule has 0 unspecified atom stereocenters. The van der Waals surface area contributed by atoms with Crippen molar-refractivity contribution in [1.82, 2.24) is 9.21 Å². The highest BCUT2D eigenvalue weighted by atomic mass is 79.9. The fourth-order valence-electron chi connectivity index (χ4n) is 3.25. The Morgan fingerprint density at radius 1 is 1.17 bits per heavy atom. The molecule has 0 aromatic heterocycles. The van der Waals surface area contributed by atoms with Crippen molar-refractivity contribution in [3.05, 3.63) is 62.6 Å². The summed E-state index contributed by atoms with van der Waals surface area (Å²) in [6.45, 7) is 3.00. The maximum absolute atomic E-state index is 12.8. The number of hydrogen-bond acceptors (Lipinski definition) is 6. The van der Waals surface area contributed by atoms with Crippen molar-refractivity contribution in [2.45, 2.75) is 11.8 Å². The van der Waals surface area contributed by atoms with Gasteiger partial charge in [-0.2, -0.15) is 4.31 Å². The van der Waals surface area contributed by atoms with Gasteiger partial charge < -0.3 is 5.32 Å². The normalized spacial score (nSPS) is 15.7. The molecule has 1 amide bonds. The molecule has 1 N–H and O–H groups in total. The van der Waals surface area contributed by atoms with Gasteiger partial charge in [0.25, 0.3) is 5.69 Å². The van der Waals surface area contributed by atoms with Crippen molar-refractivity contribution in [1.29, 1.82) is 0 Å². The number of nitro benzene ring substituents is 1. The number of piperazine rings is 1. The number of aryl methyl sites for hydroxylation is 1. The summed E-state index contributed by atoms with van der Waals surface area (Å²) in [5.74, 6) is -0.379. The number of para-hydroxylation sites is 1. The minimum absolute atomic E-state index is 0.0241. The summed E-state index contributed by atoms with van der Waals surface area (Å²) in [7, 11) is -3.60. The third kappa shape index (κ3) is 5.04. The van der Waals surface area contributed by atoms with Gasteiger partial charge in [-0.15, -0.1) is 0 Å². The van der Waals surface area contributed by atoms with E-state index < -0.39 is 14.9 Å². The van der Waals surface area contributed by atoms with Gasteiger partial charge >= 0.3 is 0 Å². The number of benzene rings is 2. The van der Waals surface area contributed by atoms with Gasteiger partial charge in [-0.1, -0.05) is 34.1 Å². The molecule has 0 spiro atoms. The van der Waals surface area contributed by atoms with Crippen LogP contribution in [0.3, 0.4) is 0 Å². The minimum Gasteiger partial charge on any atom is -0.319 e. The van der Waals surface area contributed by atoms with Gasteiger partial charge in [-0.05, 0) is 30.7 Å². The molecule has 1 saturated heterocycles. The molecule has 11 heteroatoms. The molecule has 2 aromatic rings. The van der Waals surface area contributed by atoms with Crippen LogP contribution in [-0.2, 0) is 14.8 Å². The van der Waals surface area contributed by atoms with Gasteiger partial charge in [0.05, 0.1) is 16.4 Å². The smallest absolute Gasteiger partial charge is 0.293 e. The van der Waals surface area contributed by atoms with E-state index >= 15 is 0 Å². The molecule has 0 radical (unpaired) electrons. The van der Waals surface area contributed by atoms with Crippen LogP contribution in [0.1, 0.15) is 5.56 Å². The summed E-state index contributed by atoms with van der Waals surface area (Å²) in [4.78, 5) is 25.1. The lowest BCUT2D eigenvalue weighted by atomic mass is 10.1. The predicted octanol–water partition coefficient (Wildman–Crippen LogP) is 2.61. The van der Waals surface area contributed by atoms with Crippen molar-refractivity contribution in [3.8, 4) is 0 Å². The molecule has 0 bridgehead atoms. The van der Waals surface area contributed by atoms with E-state index in [2.05, 4.69) is 21.2 Å². The largest absolute Gasteiger partial charge is 0.319 e. The van der Waals surface area contributed by atoms with Crippen LogP contribution in [0.5, 0.6) is 0 Å². The standard InChI is InChI=1S/C19H21BrN4O5S/c1-14-4-2-7-17(24(26)27)19(14)21-18(25)13-22-8-10-23(11-9-22)30(28,29)16-6-3-5-15(20)12-16/h2-7,12H,8-11,13H2,1H3,(H,21,25). The second-order valence-corrected chi connectivity index (χ2v) is 9.77. The van der Waals surface area contributed by atoms with E-state index in [1.54, 1.807) is 43.3 Å². The molecule has 1 fully saturated rings. The van der Waals surface area contributed by atoms with Gasteiger partial charge in [0.2, 0.25) is 15.9 Å². The highest BCUT2D eigenvalue weighted by Gasteiger charge is 2.29. The molecule has 30 heavy (non-hydrogen) atoms. The summed E-state index contributed by atoms with van der Waals surface area (Å²) in [6.07, 6.45) is 0. The fraction of sp³-hybridized carbons (Fsp3) is 0.316. The van der Waals surface area contributed by atoms with E-state index in [0.717, 1.165) is 0 Å². The van der Waals surface area contributed by atoms with Crippen molar-refractivity contribution < 1.29 is 18.1 Å². The fourth-order valence-corrected chi connectivity index (χ4v) is 5.27. The number of nitrogens with one attached hydrogen (secondary N) is 1. The Balaban J connectivity index is 1.60. The van der Waals surface area contributed by atoms with Crippen LogP contribution in [0.25, 0.3) is 0 Å². The van der Waals surface area contributed by atoms with Crippen LogP contribution < -0.4 is 5.32 Å². The summed E-state index contributed by atoms with van der Waals surface area (Å²) in [6, 6.07) is 11.1. The quantitative estimate of drug-likeness (QED) is 0.485. The van der Waals surface area contributed by atoms with E-state index in [1.165, 1.54) is 10.4 Å². The maximum atomic E-state index is 12.8. The molecule has 2 aromatic carbocycles. The Morgan fingerprint density at radius 3 is 2.47 bits per heavy atom. The van der Waals surface area contributed by atoms with E-state index in [9.17, 15) is 23.3 Å². The molecule has 0 aliphatic carbocycles. The molecule has 9 nitrogen and oxygen atoms in total. The highest BCUT2D eigenvalue weighted by molar-refractivity contribution is 9.10. The Hall–Kier alpha value is -2.34. The number of nitro groups is 1. The second-order valence-electron chi connectivity index (χ2n) is 6.91. The molecule has 1 heterocycles. The Kier molecular flexibility index (Phi) is 6.86. The number of sulfonamides is 1. The SMILES string of the molecule is Cc1cccc([N+](=O)[O-])c1NC(=O)CN1CCN(S(=O)(=O)c2cccc(Br)c2)CC1. The first-order valence-electron chi connectivity index (χ1n) is 9.20. The predicted molar refractivity (Wildman–Crippen MR) is 116 cm³/mol. The van der Waals surface area contributed by atoms with Gasteiger partial charge in [0.1, 0.15) is 5.69 Å². The Morgan fingerprint density at radius 2 is 1.83 bits per heavy atom. The van der Waals surface area contributed by atoms with Crippen molar-refractivity contribution in [2.75, 3.05) is 38.0 Å².